The van der Waals surface area contributed by atoms with Gasteiger partial charge in [-0.2, -0.15) is 0 Å². The molecule has 0 saturated carbocycles. The van der Waals surface area contributed by atoms with Crippen molar-refractivity contribution in [1.82, 2.24) is 4.98 Å². The van der Waals surface area contributed by atoms with Gasteiger partial charge in [-0.1, -0.05) is 0 Å². The maximum absolute atomic E-state index is 11.9. The highest BCUT2D eigenvalue weighted by molar-refractivity contribution is 6.04. The molecule has 1 N–H and O–H groups in total. The number of pyridine rings is 1. The first-order valence-electron chi connectivity index (χ1n) is 6.82. The molecule has 0 unspecified atom stereocenters. The van der Waals surface area contributed by atoms with E-state index in [4.69, 9.17) is 0 Å². The van der Waals surface area contributed by atoms with Gasteiger partial charge in [0.05, 0.1) is 5.56 Å². The van der Waals surface area contributed by atoms with Gasteiger partial charge in [0, 0.05) is 43.8 Å². The predicted molar refractivity (Wildman–Crippen MR) is 88.8 cm³/mol. The molecule has 0 aliphatic rings. The number of anilines is 2. The molecule has 0 radical (unpaired) electrons. The van der Waals surface area contributed by atoms with Crippen molar-refractivity contribution in [2.45, 2.75) is 0 Å². The van der Waals surface area contributed by atoms with Crippen LogP contribution in [0.2, 0.25) is 0 Å². The summed E-state index contributed by atoms with van der Waals surface area (Å²) in [6, 6.07) is 10.3. The number of nitrogens with zero attached hydrogens (tertiary/aromatic N) is 3. The van der Waals surface area contributed by atoms with Gasteiger partial charge >= 0.3 is 5.82 Å². The number of carbonyl (C=O) groups is 1. The molecule has 0 aliphatic heterocycles. The van der Waals surface area contributed by atoms with Crippen LogP contribution in [0, 0.1) is 10.1 Å². The van der Waals surface area contributed by atoms with E-state index in [1.807, 2.05) is 43.3 Å². The summed E-state index contributed by atoms with van der Waals surface area (Å²) in [5.74, 6) is -0.575. The topological polar surface area (TPSA) is 88.4 Å². The Kier molecular flexibility index (Phi) is 5.03. The summed E-state index contributed by atoms with van der Waals surface area (Å²) in [6.45, 7) is 0. The molecule has 0 spiro atoms. The molecule has 0 amide bonds. The van der Waals surface area contributed by atoms with Crippen molar-refractivity contribution in [2.75, 3.05) is 24.3 Å². The average molecular weight is 312 g/mol. The van der Waals surface area contributed by atoms with Crippen LogP contribution in [0.1, 0.15) is 10.4 Å². The summed E-state index contributed by atoms with van der Waals surface area (Å²) in [5.41, 5.74) is 2.21. The van der Waals surface area contributed by atoms with E-state index in [1.165, 1.54) is 30.6 Å². The molecule has 0 aliphatic carbocycles. The number of nitro groups is 1. The lowest BCUT2D eigenvalue weighted by Crippen LogP contribution is -2.08. The smallest absolute Gasteiger partial charge is 0.363 e. The van der Waals surface area contributed by atoms with E-state index in [9.17, 15) is 14.9 Å². The number of rotatable bonds is 6. The minimum Gasteiger partial charge on any atom is -0.378 e. The second-order valence-corrected chi connectivity index (χ2v) is 4.95. The van der Waals surface area contributed by atoms with Crippen molar-refractivity contribution in [3.8, 4) is 0 Å². The number of benzene rings is 1. The van der Waals surface area contributed by atoms with Gasteiger partial charge in [0.2, 0.25) is 0 Å². The van der Waals surface area contributed by atoms with Crippen molar-refractivity contribution >= 4 is 23.0 Å². The third-order valence-corrected chi connectivity index (χ3v) is 3.09. The molecule has 0 bridgehead atoms. The number of hydrogen-bond donors (Lipinski definition) is 1. The number of carbonyl (C=O) groups excluding carboxylic acids is 1. The lowest BCUT2D eigenvalue weighted by atomic mass is 10.2. The number of allylic oxidation sites excluding steroid dienone is 1. The second-order valence-electron chi connectivity index (χ2n) is 4.95. The first kappa shape index (κ1) is 16.2. The van der Waals surface area contributed by atoms with E-state index >= 15 is 0 Å². The van der Waals surface area contributed by atoms with Crippen LogP contribution in [-0.4, -0.2) is 29.8 Å². The minimum atomic E-state index is -0.608. The molecule has 2 rings (SSSR count). The van der Waals surface area contributed by atoms with Crippen molar-refractivity contribution in [3.05, 3.63) is 70.5 Å². The molecular formula is C16H16N4O3. The van der Waals surface area contributed by atoms with Gasteiger partial charge < -0.3 is 20.3 Å². The molecule has 7 heteroatoms. The van der Waals surface area contributed by atoms with Crippen molar-refractivity contribution in [1.29, 1.82) is 0 Å². The molecule has 2 aromatic rings. The highest BCUT2D eigenvalue weighted by Crippen LogP contribution is 2.15. The Labute approximate surface area is 133 Å². The van der Waals surface area contributed by atoms with Crippen molar-refractivity contribution in [2.24, 2.45) is 0 Å². The molecule has 1 aromatic heterocycles. The molecule has 0 saturated heterocycles. The van der Waals surface area contributed by atoms with Crippen LogP contribution in [0.25, 0.3) is 0 Å². The first-order valence-corrected chi connectivity index (χ1v) is 6.82. The normalized spacial score (nSPS) is 10.5. The molecular weight excluding hydrogens is 296 g/mol. The fourth-order valence-corrected chi connectivity index (χ4v) is 1.81. The monoisotopic (exact) mass is 312 g/mol. The van der Waals surface area contributed by atoms with Crippen LogP contribution in [0.15, 0.2) is 54.9 Å². The molecule has 23 heavy (non-hydrogen) atoms. The summed E-state index contributed by atoms with van der Waals surface area (Å²) in [5, 5.41) is 13.5. The standard InChI is InChI=1S/C16H16N4O3/c1-19(2)14-6-4-13(5-7-14)17-10-9-15(21)12-3-8-16(18-11-12)20(22)23/h3-11,17H,1-2H3/b10-9+. The SMILES string of the molecule is CN(C)c1ccc(N/C=C/C(=O)c2ccc([N+](=O)[O-])nc2)cc1. The van der Waals surface area contributed by atoms with Gasteiger partial charge in [0.1, 0.15) is 0 Å². The van der Waals surface area contributed by atoms with E-state index in [2.05, 4.69) is 10.3 Å². The number of nitrogens with one attached hydrogen (secondary N) is 1. The van der Waals surface area contributed by atoms with Gasteiger partial charge in [0.25, 0.3) is 0 Å². The van der Waals surface area contributed by atoms with Crippen LogP contribution in [0.5, 0.6) is 0 Å². The molecule has 1 aromatic carbocycles. The third kappa shape index (κ3) is 4.37. The predicted octanol–water partition coefficient (Wildman–Crippen LogP) is 2.86. The second kappa shape index (κ2) is 7.17. The van der Waals surface area contributed by atoms with E-state index < -0.39 is 4.92 Å². The van der Waals surface area contributed by atoms with Crippen molar-refractivity contribution in [3.63, 3.8) is 0 Å². The Morgan fingerprint density at radius 3 is 2.43 bits per heavy atom. The lowest BCUT2D eigenvalue weighted by molar-refractivity contribution is -0.389. The Morgan fingerprint density at radius 2 is 1.91 bits per heavy atom. The summed E-state index contributed by atoms with van der Waals surface area (Å²) in [7, 11) is 3.92. The zero-order valence-electron chi connectivity index (χ0n) is 12.8. The Bertz CT molecular complexity index is 722. The fourth-order valence-electron chi connectivity index (χ4n) is 1.81. The van der Waals surface area contributed by atoms with Crippen LogP contribution >= 0.6 is 0 Å². The zero-order valence-corrected chi connectivity index (χ0v) is 12.8. The van der Waals surface area contributed by atoms with E-state index in [0.29, 0.717) is 0 Å². The van der Waals surface area contributed by atoms with Crippen molar-refractivity contribution < 1.29 is 9.72 Å². The lowest BCUT2D eigenvalue weighted by Gasteiger charge is -2.12. The Morgan fingerprint density at radius 1 is 1.22 bits per heavy atom. The molecule has 0 atom stereocenters. The number of hydrogen-bond acceptors (Lipinski definition) is 6. The van der Waals surface area contributed by atoms with Gasteiger partial charge in [-0.3, -0.25) is 4.79 Å². The number of ketones is 1. The highest BCUT2D eigenvalue weighted by Gasteiger charge is 2.09. The van der Waals surface area contributed by atoms with Crippen LogP contribution in [0.3, 0.4) is 0 Å². The zero-order chi connectivity index (χ0) is 16.8. The molecule has 0 fully saturated rings. The average Bonchev–Trinajstić information content (AvgIpc) is 2.55. The maximum atomic E-state index is 11.9. The fraction of sp³-hybridized carbons (Fsp3) is 0.125. The van der Waals surface area contributed by atoms with E-state index in [1.54, 1.807) is 0 Å². The van der Waals surface area contributed by atoms with Crippen LogP contribution < -0.4 is 10.2 Å². The summed E-state index contributed by atoms with van der Waals surface area (Å²) in [4.78, 5) is 27.4. The Balaban J connectivity index is 1.96. The van der Waals surface area contributed by atoms with Crippen LogP contribution in [-0.2, 0) is 0 Å². The van der Waals surface area contributed by atoms with Gasteiger partial charge in [-0.15, -0.1) is 0 Å². The summed E-state index contributed by atoms with van der Waals surface area (Å²) in [6.07, 6.45) is 4.06. The highest BCUT2D eigenvalue weighted by atomic mass is 16.6. The van der Waals surface area contributed by atoms with E-state index in [-0.39, 0.29) is 17.2 Å². The summed E-state index contributed by atoms with van der Waals surface area (Å²) < 4.78 is 0. The van der Waals surface area contributed by atoms with Gasteiger partial charge in [-0.05, 0) is 40.2 Å². The Hall–Kier alpha value is -3.22. The van der Waals surface area contributed by atoms with E-state index in [0.717, 1.165) is 11.4 Å². The van der Waals surface area contributed by atoms with Gasteiger partial charge in [-0.25, -0.2) is 0 Å². The van der Waals surface area contributed by atoms with Crippen LogP contribution in [0.4, 0.5) is 17.2 Å². The maximum Gasteiger partial charge on any atom is 0.363 e. The summed E-state index contributed by atoms with van der Waals surface area (Å²) >= 11 is 0. The molecule has 118 valence electrons. The minimum absolute atomic E-state index is 0.287. The largest absolute Gasteiger partial charge is 0.378 e. The molecule has 1 heterocycles. The third-order valence-electron chi connectivity index (χ3n) is 3.09. The molecule has 7 nitrogen and oxygen atoms in total. The van der Waals surface area contributed by atoms with Gasteiger partial charge in [0.15, 0.2) is 12.0 Å². The first-order chi connectivity index (χ1) is 11.0. The quantitative estimate of drug-likeness (QED) is 0.382. The number of aromatic nitrogens is 1.